The molecular weight excluding hydrogens is 340 g/mol. The molecule has 0 bridgehead atoms. The third kappa shape index (κ3) is 1.95. The summed E-state index contributed by atoms with van der Waals surface area (Å²) in [7, 11) is -4.05. The Bertz CT molecular complexity index is 711. The van der Waals surface area contributed by atoms with Gasteiger partial charge in [0, 0.05) is 13.1 Å². The van der Waals surface area contributed by atoms with Crippen LogP contribution in [0.5, 0.6) is 0 Å². The molecule has 134 valence electrons. The van der Waals surface area contributed by atoms with Gasteiger partial charge < -0.3 is 20.0 Å². The van der Waals surface area contributed by atoms with E-state index in [2.05, 4.69) is 0 Å². The average Bonchev–Trinajstić information content (AvgIpc) is 3.04. The second-order valence-electron chi connectivity index (χ2n) is 7.03. The van der Waals surface area contributed by atoms with Crippen LogP contribution in [0.25, 0.3) is 0 Å². The number of rotatable bonds is 3. The number of β-lactam (4-membered cyclic amide) rings is 1. The van der Waals surface area contributed by atoms with Crippen molar-refractivity contribution in [3.63, 3.8) is 0 Å². The Kier molecular flexibility index (Phi) is 3.69. The predicted molar refractivity (Wildman–Crippen MR) is 80.4 cm³/mol. The first-order chi connectivity index (χ1) is 11.0. The molecule has 3 saturated heterocycles. The average molecular weight is 360 g/mol. The van der Waals surface area contributed by atoms with Crippen LogP contribution in [0.3, 0.4) is 0 Å². The third-order valence-electron chi connectivity index (χ3n) is 5.35. The lowest BCUT2D eigenvalue weighted by molar-refractivity contribution is -0.173. The summed E-state index contributed by atoms with van der Waals surface area (Å²) in [4.78, 5) is 38.3. The Morgan fingerprint density at radius 1 is 1.25 bits per heavy atom. The fourth-order valence-corrected chi connectivity index (χ4v) is 6.24. The van der Waals surface area contributed by atoms with Gasteiger partial charge in [-0.3, -0.25) is 9.59 Å². The molecule has 24 heavy (non-hydrogen) atoms. The number of carbonyl (C=O) groups is 3. The van der Waals surface area contributed by atoms with Crippen molar-refractivity contribution >= 4 is 27.6 Å². The summed E-state index contributed by atoms with van der Waals surface area (Å²) in [5, 5.41) is 18.2. The summed E-state index contributed by atoms with van der Waals surface area (Å²) in [5.41, 5.74) is 0. The van der Waals surface area contributed by atoms with Crippen molar-refractivity contribution < 1.29 is 33.0 Å². The first-order valence-corrected chi connectivity index (χ1v) is 9.33. The number of amides is 2. The lowest BCUT2D eigenvalue weighted by Gasteiger charge is -2.44. The number of carbonyl (C=O) groups excluding carboxylic acids is 2. The Balaban J connectivity index is 1.93. The van der Waals surface area contributed by atoms with E-state index in [-0.39, 0.29) is 0 Å². The molecule has 0 aliphatic carbocycles. The highest BCUT2D eigenvalue weighted by Gasteiger charge is 2.73. The lowest BCUT2D eigenvalue weighted by atomic mass is 9.87. The monoisotopic (exact) mass is 360 g/mol. The van der Waals surface area contributed by atoms with Gasteiger partial charge in [-0.2, -0.15) is 0 Å². The number of aliphatic hydroxyl groups excluding tert-OH is 1. The first-order valence-electron chi connectivity index (χ1n) is 7.78. The smallest absolute Gasteiger partial charge is 0.328 e. The molecule has 0 unspecified atom stereocenters. The van der Waals surface area contributed by atoms with Crippen molar-refractivity contribution in [1.82, 2.24) is 9.80 Å². The van der Waals surface area contributed by atoms with E-state index in [1.54, 1.807) is 0 Å². The van der Waals surface area contributed by atoms with E-state index >= 15 is 0 Å². The minimum Gasteiger partial charge on any atom is -0.480 e. The largest absolute Gasteiger partial charge is 0.480 e. The van der Waals surface area contributed by atoms with Gasteiger partial charge in [0.1, 0.15) is 23.4 Å². The minimum atomic E-state index is -4.05. The summed E-state index contributed by atoms with van der Waals surface area (Å²) in [6.45, 7) is 3.42. The number of nitrogens with zero attached hydrogens (tertiary/aromatic N) is 2. The molecule has 0 aromatic rings. The van der Waals surface area contributed by atoms with Crippen molar-refractivity contribution in [1.29, 1.82) is 0 Å². The van der Waals surface area contributed by atoms with Crippen LogP contribution in [0.4, 0.5) is 0 Å². The zero-order valence-corrected chi connectivity index (χ0v) is 14.2. The molecule has 3 heterocycles. The van der Waals surface area contributed by atoms with E-state index in [9.17, 15) is 33.0 Å². The number of sulfone groups is 1. The fourth-order valence-electron chi connectivity index (χ4n) is 3.91. The van der Waals surface area contributed by atoms with Crippen molar-refractivity contribution in [2.75, 3.05) is 13.1 Å². The lowest BCUT2D eigenvalue weighted by Crippen LogP contribution is -2.68. The van der Waals surface area contributed by atoms with Gasteiger partial charge in [0.15, 0.2) is 9.84 Å². The first kappa shape index (κ1) is 17.2. The molecule has 3 fully saturated rings. The highest BCUT2D eigenvalue weighted by molar-refractivity contribution is 7.93. The summed E-state index contributed by atoms with van der Waals surface area (Å²) in [5.74, 6) is -4.33. The molecule has 0 aromatic carbocycles. The number of fused-ring (bicyclic) bond motifs is 1. The predicted octanol–water partition coefficient (Wildman–Crippen LogP) is -1.59. The Morgan fingerprint density at radius 3 is 2.29 bits per heavy atom. The molecule has 0 saturated carbocycles. The Labute approximate surface area is 139 Å². The number of aliphatic hydroxyl groups is 1. The molecule has 4 atom stereocenters. The van der Waals surface area contributed by atoms with Crippen molar-refractivity contribution in [3.05, 3.63) is 0 Å². The van der Waals surface area contributed by atoms with Crippen LogP contribution >= 0.6 is 0 Å². The van der Waals surface area contributed by atoms with E-state index < -0.39 is 55.8 Å². The van der Waals surface area contributed by atoms with Gasteiger partial charge in [-0.25, -0.2) is 13.2 Å². The highest BCUT2D eigenvalue weighted by atomic mass is 32.2. The zero-order valence-electron chi connectivity index (χ0n) is 13.4. The number of carboxylic acids is 1. The standard InChI is InChI=1S/C14H20N2O7S/c1-14(2)9(13(20)21)16-10(18)7(12(16)24(14,22)23)8(17)11(19)15-5-3-4-6-15/h7-9,12,17H,3-6H2,1-2H3,(H,20,21)/t7-,8+,9+,12-/m1/s1. The van der Waals surface area contributed by atoms with Gasteiger partial charge in [-0.1, -0.05) is 0 Å². The molecule has 10 heteroatoms. The van der Waals surface area contributed by atoms with E-state index in [0.29, 0.717) is 13.1 Å². The van der Waals surface area contributed by atoms with E-state index in [1.165, 1.54) is 18.7 Å². The molecule has 0 spiro atoms. The van der Waals surface area contributed by atoms with E-state index in [4.69, 9.17) is 0 Å². The molecule has 3 rings (SSSR count). The van der Waals surface area contributed by atoms with Gasteiger partial charge >= 0.3 is 5.97 Å². The van der Waals surface area contributed by atoms with Crippen LogP contribution in [0.15, 0.2) is 0 Å². The van der Waals surface area contributed by atoms with Gasteiger partial charge in [0.05, 0.1) is 4.75 Å². The highest BCUT2D eigenvalue weighted by Crippen LogP contribution is 2.49. The zero-order chi connectivity index (χ0) is 18.0. The van der Waals surface area contributed by atoms with Gasteiger partial charge in [0.25, 0.3) is 5.91 Å². The van der Waals surface area contributed by atoms with Crippen LogP contribution in [0, 0.1) is 5.92 Å². The van der Waals surface area contributed by atoms with Crippen molar-refractivity contribution in [3.8, 4) is 0 Å². The maximum Gasteiger partial charge on any atom is 0.328 e. The molecule has 0 radical (unpaired) electrons. The third-order valence-corrected chi connectivity index (χ3v) is 8.20. The number of carboxylic acid groups (broad SMARTS) is 1. The number of hydrogen-bond acceptors (Lipinski definition) is 6. The quantitative estimate of drug-likeness (QED) is 0.580. The second kappa shape index (κ2) is 5.16. The molecule has 9 nitrogen and oxygen atoms in total. The number of likely N-dealkylation sites (tertiary alicyclic amines) is 1. The van der Waals surface area contributed by atoms with Crippen LogP contribution in [0.1, 0.15) is 26.7 Å². The molecule has 0 aromatic heterocycles. The maximum absolute atomic E-state index is 12.7. The van der Waals surface area contributed by atoms with Gasteiger partial charge in [0.2, 0.25) is 5.91 Å². The molecule has 2 N–H and O–H groups in total. The second-order valence-corrected chi connectivity index (χ2v) is 9.65. The molecule has 3 aliphatic rings. The normalized spacial score (nSPS) is 34.6. The summed E-state index contributed by atoms with van der Waals surface area (Å²) < 4.78 is 23.7. The van der Waals surface area contributed by atoms with Crippen LogP contribution < -0.4 is 0 Å². The Hall–Kier alpha value is -1.68. The molecule has 2 amide bonds. The van der Waals surface area contributed by atoms with Crippen LogP contribution in [-0.4, -0.2) is 81.6 Å². The summed E-state index contributed by atoms with van der Waals surface area (Å²) in [6, 6.07) is -1.52. The van der Waals surface area contributed by atoms with Gasteiger partial charge in [-0.15, -0.1) is 0 Å². The number of hydrogen-bond donors (Lipinski definition) is 2. The van der Waals surface area contributed by atoms with Crippen molar-refractivity contribution in [2.24, 2.45) is 5.92 Å². The molecule has 3 aliphatic heterocycles. The van der Waals surface area contributed by atoms with Gasteiger partial charge in [-0.05, 0) is 26.7 Å². The summed E-state index contributed by atoms with van der Waals surface area (Å²) >= 11 is 0. The van der Waals surface area contributed by atoms with E-state index in [0.717, 1.165) is 17.7 Å². The summed E-state index contributed by atoms with van der Waals surface area (Å²) in [6.07, 6.45) is -0.187. The van der Waals surface area contributed by atoms with E-state index in [1.807, 2.05) is 0 Å². The maximum atomic E-state index is 12.7. The number of aliphatic carboxylic acids is 1. The SMILES string of the molecule is CC1(C)[C@H](C(=O)O)N2C(=O)[C@@H]([C@H](O)C(=O)N3CCCC3)[C@H]2S1(=O)=O. The van der Waals surface area contributed by atoms with Crippen molar-refractivity contribution in [2.45, 2.75) is 49.0 Å². The Morgan fingerprint density at radius 2 is 1.79 bits per heavy atom. The minimum absolute atomic E-state index is 0.460. The van der Waals surface area contributed by atoms with Crippen LogP contribution in [-0.2, 0) is 24.2 Å². The van der Waals surface area contributed by atoms with Crippen LogP contribution in [0.2, 0.25) is 0 Å². The molecular formula is C14H20N2O7S. The topological polar surface area (TPSA) is 132 Å². The fraction of sp³-hybridized carbons (Fsp3) is 0.786.